The van der Waals surface area contributed by atoms with E-state index in [9.17, 15) is 9.59 Å². The molecule has 110 valence electrons. The number of oxazole rings is 1. The van der Waals surface area contributed by atoms with Gasteiger partial charge in [-0.05, 0) is 0 Å². The number of H-pyrrole nitrogens is 1. The number of carbonyl (C=O) groups is 1. The third kappa shape index (κ3) is 2.70. The average molecular weight is 290 g/mol. The standard InChI is InChI=1S/C13H14N4O4/c1-20-7-12-16-9-6-17(3-2-10(9)21-12)13(19)8-4-15-11(18)5-14-8/h4-5H,2-3,6-7H2,1H3,(H,15,18). The van der Waals surface area contributed by atoms with Gasteiger partial charge < -0.3 is 19.0 Å². The summed E-state index contributed by atoms with van der Waals surface area (Å²) in [6, 6.07) is 0. The van der Waals surface area contributed by atoms with E-state index in [-0.39, 0.29) is 17.2 Å². The number of aromatic nitrogens is 3. The summed E-state index contributed by atoms with van der Waals surface area (Å²) in [5, 5.41) is 0. The van der Waals surface area contributed by atoms with E-state index in [0.29, 0.717) is 32.0 Å². The molecule has 0 bridgehead atoms. The van der Waals surface area contributed by atoms with Crippen molar-refractivity contribution in [1.82, 2.24) is 19.9 Å². The number of nitrogens with zero attached hydrogens (tertiary/aromatic N) is 3. The number of ether oxygens (including phenoxy) is 1. The Labute approximate surface area is 119 Å². The Morgan fingerprint density at radius 2 is 2.43 bits per heavy atom. The average Bonchev–Trinajstić information content (AvgIpc) is 2.89. The minimum atomic E-state index is -0.340. The van der Waals surface area contributed by atoms with Gasteiger partial charge >= 0.3 is 0 Å². The van der Waals surface area contributed by atoms with Crippen LogP contribution in [0.4, 0.5) is 0 Å². The first-order valence-electron chi connectivity index (χ1n) is 6.48. The van der Waals surface area contributed by atoms with Crippen molar-refractivity contribution in [3.63, 3.8) is 0 Å². The first-order chi connectivity index (χ1) is 10.2. The highest BCUT2D eigenvalue weighted by Crippen LogP contribution is 2.21. The van der Waals surface area contributed by atoms with Crippen LogP contribution in [-0.2, 0) is 24.3 Å². The number of fused-ring (bicyclic) bond motifs is 1. The van der Waals surface area contributed by atoms with E-state index in [1.54, 1.807) is 12.0 Å². The van der Waals surface area contributed by atoms with E-state index >= 15 is 0 Å². The minimum absolute atomic E-state index is 0.207. The van der Waals surface area contributed by atoms with Gasteiger partial charge in [-0.3, -0.25) is 9.59 Å². The Morgan fingerprint density at radius 3 is 3.14 bits per heavy atom. The van der Waals surface area contributed by atoms with E-state index in [1.165, 1.54) is 6.20 Å². The van der Waals surface area contributed by atoms with Crippen LogP contribution in [0.3, 0.4) is 0 Å². The van der Waals surface area contributed by atoms with Crippen LogP contribution in [-0.4, -0.2) is 39.4 Å². The monoisotopic (exact) mass is 290 g/mol. The Hall–Kier alpha value is -2.48. The molecule has 8 nitrogen and oxygen atoms in total. The number of hydrogen-bond donors (Lipinski definition) is 1. The predicted molar refractivity (Wildman–Crippen MR) is 70.5 cm³/mol. The zero-order chi connectivity index (χ0) is 14.8. The summed E-state index contributed by atoms with van der Waals surface area (Å²) >= 11 is 0. The minimum Gasteiger partial charge on any atom is -0.443 e. The number of aromatic amines is 1. The molecule has 0 spiro atoms. The van der Waals surface area contributed by atoms with Crippen molar-refractivity contribution in [1.29, 1.82) is 0 Å². The fraction of sp³-hybridized carbons (Fsp3) is 0.385. The number of carbonyl (C=O) groups excluding carboxylic acids is 1. The van der Waals surface area contributed by atoms with Crippen molar-refractivity contribution in [3.8, 4) is 0 Å². The lowest BCUT2D eigenvalue weighted by Gasteiger charge is -2.24. The maximum atomic E-state index is 12.3. The van der Waals surface area contributed by atoms with Gasteiger partial charge in [-0.15, -0.1) is 0 Å². The second-order valence-electron chi connectivity index (χ2n) is 4.68. The Bertz CT molecular complexity index is 701. The molecule has 1 aliphatic heterocycles. The molecule has 0 saturated carbocycles. The van der Waals surface area contributed by atoms with Gasteiger partial charge in [0.25, 0.3) is 11.5 Å². The second kappa shape index (κ2) is 5.49. The molecule has 0 fully saturated rings. The Morgan fingerprint density at radius 1 is 1.57 bits per heavy atom. The van der Waals surface area contributed by atoms with Gasteiger partial charge in [0.15, 0.2) is 0 Å². The first kappa shape index (κ1) is 13.5. The van der Waals surface area contributed by atoms with Crippen LogP contribution in [0.25, 0.3) is 0 Å². The molecule has 2 aromatic heterocycles. The van der Waals surface area contributed by atoms with Gasteiger partial charge in [0, 0.05) is 26.3 Å². The number of rotatable bonds is 3. The highest BCUT2D eigenvalue weighted by atomic mass is 16.5. The van der Waals surface area contributed by atoms with Crippen LogP contribution in [0.15, 0.2) is 21.6 Å². The first-order valence-corrected chi connectivity index (χ1v) is 6.48. The smallest absolute Gasteiger partial charge is 0.274 e. The number of nitrogens with one attached hydrogen (secondary N) is 1. The normalized spacial score (nSPS) is 14.0. The molecule has 8 heteroatoms. The molecule has 3 heterocycles. The van der Waals surface area contributed by atoms with Crippen molar-refractivity contribution in [3.05, 3.63) is 45.8 Å². The highest BCUT2D eigenvalue weighted by molar-refractivity contribution is 5.92. The van der Waals surface area contributed by atoms with E-state index in [0.717, 1.165) is 17.7 Å². The number of amides is 1. The topological polar surface area (TPSA) is 101 Å². The summed E-state index contributed by atoms with van der Waals surface area (Å²) < 4.78 is 10.5. The molecule has 0 radical (unpaired) electrons. The fourth-order valence-electron chi connectivity index (χ4n) is 2.23. The summed E-state index contributed by atoms with van der Waals surface area (Å²) in [5.74, 6) is 1.06. The fourth-order valence-corrected chi connectivity index (χ4v) is 2.23. The Balaban J connectivity index is 1.77. The van der Waals surface area contributed by atoms with Gasteiger partial charge in [-0.25, -0.2) is 9.97 Å². The van der Waals surface area contributed by atoms with Crippen LogP contribution in [0, 0.1) is 0 Å². The molecule has 2 aromatic rings. The van der Waals surface area contributed by atoms with E-state index in [4.69, 9.17) is 9.15 Å². The molecule has 0 atom stereocenters. The maximum absolute atomic E-state index is 12.3. The molecule has 0 saturated heterocycles. The van der Waals surface area contributed by atoms with Crippen LogP contribution < -0.4 is 5.56 Å². The van der Waals surface area contributed by atoms with E-state index < -0.39 is 0 Å². The van der Waals surface area contributed by atoms with Gasteiger partial charge in [0.05, 0.1) is 12.7 Å². The molecule has 3 rings (SSSR count). The largest absolute Gasteiger partial charge is 0.443 e. The van der Waals surface area contributed by atoms with Crippen molar-refractivity contribution in [2.45, 2.75) is 19.6 Å². The second-order valence-corrected chi connectivity index (χ2v) is 4.68. The zero-order valence-electron chi connectivity index (χ0n) is 11.5. The molecule has 0 aliphatic carbocycles. The molecule has 0 unspecified atom stereocenters. The number of methoxy groups -OCH3 is 1. The SMILES string of the molecule is COCc1nc2c(o1)CCN(C(=O)c1c[nH]c(=O)cn1)C2. The van der Waals surface area contributed by atoms with E-state index in [1.807, 2.05) is 0 Å². The molecular weight excluding hydrogens is 276 g/mol. The summed E-state index contributed by atoms with van der Waals surface area (Å²) in [6.07, 6.45) is 3.01. The van der Waals surface area contributed by atoms with Crippen LogP contribution in [0.2, 0.25) is 0 Å². The van der Waals surface area contributed by atoms with Crippen molar-refractivity contribution < 1.29 is 13.9 Å². The van der Waals surface area contributed by atoms with Crippen molar-refractivity contribution >= 4 is 5.91 Å². The van der Waals surface area contributed by atoms with E-state index in [2.05, 4.69) is 15.0 Å². The molecule has 21 heavy (non-hydrogen) atoms. The maximum Gasteiger partial charge on any atom is 0.274 e. The lowest BCUT2D eigenvalue weighted by molar-refractivity contribution is 0.0721. The molecule has 1 aliphatic rings. The van der Waals surface area contributed by atoms with Crippen molar-refractivity contribution in [2.24, 2.45) is 0 Å². The molecule has 1 amide bonds. The predicted octanol–water partition coefficient (Wildman–Crippen LogP) is 0.103. The van der Waals surface area contributed by atoms with Gasteiger partial charge in [-0.2, -0.15) is 0 Å². The van der Waals surface area contributed by atoms with Crippen molar-refractivity contribution in [2.75, 3.05) is 13.7 Å². The summed E-state index contributed by atoms with van der Waals surface area (Å²) in [5.41, 5.74) is 0.609. The highest BCUT2D eigenvalue weighted by Gasteiger charge is 2.26. The third-order valence-electron chi connectivity index (χ3n) is 3.22. The van der Waals surface area contributed by atoms with Gasteiger partial charge in [0.1, 0.15) is 23.8 Å². The Kier molecular flexibility index (Phi) is 3.53. The molecule has 1 N–H and O–H groups in total. The van der Waals surface area contributed by atoms with Crippen LogP contribution in [0.5, 0.6) is 0 Å². The summed E-state index contributed by atoms with van der Waals surface area (Å²) in [4.78, 5) is 35.5. The zero-order valence-corrected chi connectivity index (χ0v) is 11.5. The lowest BCUT2D eigenvalue weighted by atomic mass is 10.1. The number of hydrogen-bond acceptors (Lipinski definition) is 6. The lowest BCUT2D eigenvalue weighted by Crippen LogP contribution is -2.36. The van der Waals surface area contributed by atoms with Gasteiger partial charge in [-0.1, -0.05) is 0 Å². The molecular formula is C13H14N4O4. The third-order valence-corrected chi connectivity index (χ3v) is 3.22. The summed E-state index contributed by atoms with van der Waals surface area (Å²) in [7, 11) is 1.57. The van der Waals surface area contributed by atoms with Crippen LogP contribution >= 0.6 is 0 Å². The summed E-state index contributed by atoms with van der Waals surface area (Å²) in [6.45, 7) is 1.19. The quantitative estimate of drug-likeness (QED) is 0.860. The van der Waals surface area contributed by atoms with Crippen LogP contribution in [0.1, 0.15) is 27.8 Å². The molecule has 0 aromatic carbocycles. The van der Waals surface area contributed by atoms with Gasteiger partial charge in [0.2, 0.25) is 5.89 Å².